The maximum atomic E-state index is 14.8. The Bertz CT molecular complexity index is 1220. The van der Waals surface area contributed by atoms with E-state index in [0.29, 0.717) is 41.7 Å². The molecule has 1 aliphatic heterocycles. The van der Waals surface area contributed by atoms with Gasteiger partial charge in [0.15, 0.2) is 0 Å². The minimum atomic E-state index is -0.797. The van der Waals surface area contributed by atoms with Crippen LogP contribution >= 0.6 is 11.3 Å². The van der Waals surface area contributed by atoms with Crippen LogP contribution in [0, 0.1) is 29.5 Å². The van der Waals surface area contributed by atoms with Gasteiger partial charge in [0, 0.05) is 40.9 Å². The molecule has 35 heavy (non-hydrogen) atoms. The Morgan fingerprint density at radius 2 is 2.26 bits per heavy atom. The van der Waals surface area contributed by atoms with E-state index in [9.17, 15) is 14.3 Å². The number of aromatic nitrogens is 1. The topological polar surface area (TPSA) is 88.7 Å². The molecule has 8 heteroatoms. The van der Waals surface area contributed by atoms with Crippen LogP contribution in [0.2, 0.25) is 0 Å². The average molecular weight is 496 g/mol. The standard InChI is InChI=1S/C27H30FN3O3S/c1-34-21-5-7-25-22(14-21)27(23(28)15-30-25)24(29)6-4-19-8-11-31(16-20(19)13-26(32)33)10-2-3-18-9-12-35-17-18/h5,7,9,12,14-15,17,19-20,24H,4,6,8,10-11,13,16,29H2,1H3,(H,32,33)/t19-,20+,24+/m1/s1. The van der Waals surface area contributed by atoms with E-state index in [1.807, 2.05) is 16.8 Å². The lowest BCUT2D eigenvalue weighted by atomic mass is 9.79. The van der Waals surface area contributed by atoms with Gasteiger partial charge in [-0.1, -0.05) is 11.8 Å². The summed E-state index contributed by atoms with van der Waals surface area (Å²) in [6.07, 6.45) is 3.50. The molecule has 184 valence electrons. The van der Waals surface area contributed by atoms with Crippen LogP contribution in [0.15, 0.2) is 41.2 Å². The molecule has 0 unspecified atom stereocenters. The van der Waals surface area contributed by atoms with Gasteiger partial charge in [-0.05, 0) is 67.3 Å². The predicted octanol–water partition coefficient (Wildman–Crippen LogP) is 4.69. The number of rotatable bonds is 8. The molecule has 3 N–H and O–H groups in total. The number of benzene rings is 1. The van der Waals surface area contributed by atoms with Gasteiger partial charge in [0.1, 0.15) is 11.6 Å². The van der Waals surface area contributed by atoms with Crippen molar-refractivity contribution in [2.24, 2.45) is 17.6 Å². The summed E-state index contributed by atoms with van der Waals surface area (Å²) >= 11 is 1.62. The fourth-order valence-electron chi connectivity index (χ4n) is 4.93. The number of hydrogen-bond donors (Lipinski definition) is 2. The van der Waals surface area contributed by atoms with Gasteiger partial charge in [-0.3, -0.25) is 14.7 Å². The molecule has 0 bridgehead atoms. The van der Waals surface area contributed by atoms with E-state index < -0.39 is 17.8 Å². The van der Waals surface area contributed by atoms with E-state index in [1.165, 1.54) is 6.20 Å². The highest BCUT2D eigenvalue weighted by Crippen LogP contribution is 2.34. The Morgan fingerprint density at radius 3 is 3.00 bits per heavy atom. The number of pyridine rings is 1. The number of hydrogen-bond acceptors (Lipinski definition) is 6. The monoisotopic (exact) mass is 495 g/mol. The van der Waals surface area contributed by atoms with E-state index in [2.05, 4.69) is 21.7 Å². The van der Waals surface area contributed by atoms with Crippen molar-refractivity contribution >= 4 is 28.2 Å². The summed E-state index contributed by atoms with van der Waals surface area (Å²) in [5.41, 5.74) is 8.61. The van der Waals surface area contributed by atoms with Gasteiger partial charge in [0.05, 0.1) is 25.4 Å². The van der Waals surface area contributed by atoms with Gasteiger partial charge in [-0.25, -0.2) is 4.39 Å². The van der Waals surface area contributed by atoms with Crippen molar-refractivity contribution in [3.63, 3.8) is 0 Å². The number of fused-ring (bicyclic) bond motifs is 1. The zero-order valence-electron chi connectivity index (χ0n) is 19.7. The molecule has 4 rings (SSSR count). The van der Waals surface area contributed by atoms with Gasteiger partial charge in [-0.15, -0.1) is 0 Å². The number of thiophene rings is 1. The van der Waals surface area contributed by atoms with Gasteiger partial charge in [0.2, 0.25) is 0 Å². The molecule has 3 heterocycles. The molecule has 0 aliphatic carbocycles. The first kappa shape index (κ1) is 25.1. The van der Waals surface area contributed by atoms with Crippen LogP contribution in [0.5, 0.6) is 5.75 Å². The number of ether oxygens (including phenoxy) is 1. The highest BCUT2D eigenvalue weighted by Gasteiger charge is 2.31. The summed E-state index contributed by atoms with van der Waals surface area (Å²) in [4.78, 5) is 18.0. The largest absolute Gasteiger partial charge is 0.497 e. The van der Waals surface area contributed by atoms with Gasteiger partial charge in [0.25, 0.3) is 0 Å². The van der Waals surface area contributed by atoms with E-state index >= 15 is 0 Å². The van der Waals surface area contributed by atoms with Crippen LogP contribution in [-0.2, 0) is 4.79 Å². The molecule has 3 atom stereocenters. The van der Waals surface area contributed by atoms with E-state index in [0.717, 1.165) is 24.9 Å². The summed E-state index contributed by atoms with van der Waals surface area (Å²) in [5.74, 6) is 5.98. The smallest absolute Gasteiger partial charge is 0.303 e. The molecular formula is C27H30FN3O3S. The first-order chi connectivity index (χ1) is 16.9. The number of piperidine rings is 1. The number of nitrogens with two attached hydrogens (primary N) is 1. The number of carboxylic acid groups (broad SMARTS) is 1. The summed E-state index contributed by atoms with van der Waals surface area (Å²) in [5, 5.41) is 14.2. The Morgan fingerprint density at radius 1 is 1.40 bits per heavy atom. The Hall–Kier alpha value is -2.99. The third kappa shape index (κ3) is 6.37. The third-order valence-electron chi connectivity index (χ3n) is 6.76. The summed E-state index contributed by atoms with van der Waals surface area (Å²) < 4.78 is 20.1. The molecule has 0 amide bonds. The Balaban J connectivity index is 1.42. The molecule has 1 aliphatic rings. The zero-order valence-corrected chi connectivity index (χ0v) is 20.6. The zero-order chi connectivity index (χ0) is 24.8. The normalized spacial score (nSPS) is 19.2. The quantitative estimate of drug-likeness (QED) is 0.441. The molecule has 3 aromatic rings. The maximum absolute atomic E-state index is 14.8. The predicted molar refractivity (Wildman–Crippen MR) is 136 cm³/mol. The van der Waals surface area contributed by atoms with E-state index in [1.54, 1.807) is 36.6 Å². The van der Waals surface area contributed by atoms with Gasteiger partial charge in [-0.2, -0.15) is 11.3 Å². The van der Waals surface area contributed by atoms with Crippen LogP contribution in [0.3, 0.4) is 0 Å². The van der Waals surface area contributed by atoms with Crippen LogP contribution in [0.4, 0.5) is 4.39 Å². The molecular weight excluding hydrogens is 465 g/mol. The SMILES string of the molecule is COc1ccc2ncc(F)c([C@@H](N)CC[C@@H]3CCN(CC#Cc4ccsc4)C[C@@H]3CC(=O)O)c2c1. The number of likely N-dealkylation sites (tertiary alicyclic amines) is 1. The number of aliphatic carboxylic acids is 1. The molecule has 1 fully saturated rings. The van der Waals surface area contributed by atoms with Gasteiger partial charge < -0.3 is 15.6 Å². The number of methoxy groups -OCH3 is 1. The van der Waals surface area contributed by atoms with Gasteiger partial charge >= 0.3 is 5.97 Å². The lowest BCUT2D eigenvalue weighted by Gasteiger charge is -2.37. The van der Waals surface area contributed by atoms with E-state index in [4.69, 9.17) is 10.5 Å². The van der Waals surface area contributed by atoms with Crippen molar-refractivity contribution in [2.45, 2.75) is 31.7 Å². The van der Waals surface area contributed by atoms with Crippen molar-refractivity contribution in [3.8, 4) is 17.6 Å². The van der Waals surface area contributed by atoms with Crippen molar-refractivity contribution in [3.05, 3.63) is 58.2 Å². The Labute approximate surface area is 208 Å². The summed E-state index contributed by atoms with van der Waals surface area (Å²) in [6.45, 7) is 2.17. The minimum Gasteiger partial charge on any atom is -0.497 e. The number of halogens is 1. The van der Waals surface area contributed by atoms with Crippen LogP contribution in [0.1, 0.15) is 42.9 Å². The second-order valence-corrected chi connectivity index (χ2v) is 9.82. The fraction of sp³-hybridized carbons (Fsp3) is 0.407. The lowest BCUT2D eigenvalue weighted by Crippen LogP contribution is -2.41. The second-order valence-electron chi connectivity index (χ2n) is 9.04. The highest BCUT2D eigenvalue weighted by atomic mass is 32.1. The highest BCUT2D eigenvalue weighted by molar-refractivity contribution is 7.08. The molecule has 0 spiro atoms. The second kappa shape index (κ2) is 11.6. The Kier molecular flexibility index (Phi) is 8.34. The van der Waals surface area contributed by atoms with Crippen molar-refractivity contribution in [2.75, 3.05) is 26.7 Å². The molecule has 0 radical (unpaired) electrons. The van der Waals surface area contributed by atoms with Crippen LogP contribution < -0.4 is 10.5 Å². The summed E-state index contributed by atoms with van der Waals surface area (Å²) in [7, 11) is 1.57. The third-order valence-corrected chi connectivity index (χ3v) is 7.44. The van der Waals surface area contributed by atoms with Crippen molar-refractivity contribution < 1.29 is 19.0 Å². The molecule has 0 saturated carbocycles. The number of carboxylic acids is 1. The maximum Gasteiger partial charge on any atom is 0.303 e. The number of nitrogens with zero attached hydrogens (tertiary/aromatic N) is 2. The minimum absolute atomic E-state index is 0.00974. The van der Waals surface area contributed by atoms with Crippen LogP contribution in [0.25, 0.3) is 10.9 Å². The molecule has 1 aromatic carbocycles. The lowest BCUT2D eigenvalue weighted by molar-refractivity contribution is -0.139. The van der Waals surface area contributed by atoms with Crippen molar-refractivity contribution in [1.29, 1.82) is 0 Å². The molecule has 1 saturated heterocycles. The number of carbonyl (C=O) groups is 1. The molecule has 6 nitrogen and oxygen atoms in total. The van der Waals surface area contributed by atoms with Crippen molar-refractivity contribution in [1.82, 2.24) is 9.88 Å². The first-order valence-corrected chi connectivity index (χ1v) is 12.7. The average Bonchev–Trinajstić information content (AvgIpc) is 3.36. The fourth-order valence-corrected chi connectivity index (χ4v) is 5.52. The van der Waals surface area contributed by atoms with Crippen LogP contribution in [-0.4, -0.2) is 47.7 Å². The first-order valence-electron chi connectivity index (χ1n) is 11.8. The van der Waals surface area contributed by atoms with E-state index in [-0.39, 0.29) is 18.3 Å². The molecule has 2 aromatic heterocycles. The summed E-state index contributed by atoms with van der Waals surface area (Å²) in [6, 6.07) is 6.82.